The minimum Gasteiger partial charge on any atom is -0.369 e. The van der Waals surface area contributed by atoms with Crippen LogP contribution in [0.25, 0.3) is 0 Å². The van der Waals surface area contributed by atoms with Crippen molar-refractivity contribution < 1.29 is 9.59 Å². The Balaban J connectivity index is 1.88. The minimum absolute atomic E-state index is 0.0439. The number of nitrogens with two attached hydrogens (primary N) is 1. The molecule has 0 bridgehead atoms. The zero-order chi connectivity index (χ0) is 19.8. The number of guanidine groups is 1. The topological polar surface area (TPSA) is 114 Å². The Labute approximate surface area is 165 Å². The molecule has 0 aromatic carbocycles. The Morgan fingerprint density at radius 1 is 1.33 bits per heavy atom. The van der Waals surface area contributed by atoms with Gasteiger partial charge in [0.25, 0.3) is 5.91 Å². The van der Waals surface area contributed by atoms with Gasteiger partial charge in [-0.25, -0.2) is 9.98 Å². The number of hydrogen-bond donors (Lipinski definition) is 2. The molecule has 3 rings (SSSR count). The van der Waals surface area contributed by atoms with Gasteiger partial charge in [0.1, 0.15) is 11.2 Å². The normalized spacial score (nSPS) is 19.6. The van der Waals surface area contributed by atoms with Crippen LogP contribution in [0.5, 0.6) is 0 Å². The zero-order valence-electron chi connectivity index (χ0n) is 14.5. The number of pyridine rings is 2. The van der Waals surface area contributed by atoms with Crippen molar-refractivity contribution in [3.8, 4) is 0 Å². The molecule has 3 N–H and O–H groups in total. The van der Waals surface area contributed by atoms with Gasteiger partial charge in [-0.05, 0) is 25.1 Å². The molecular weight excluding hydrogens is 391 g/mol. The van der Waals surface area contributed by atoms with E-state index in [2.05, 4.69) is 20.3 Å². The first-order valence-corrected chi connectivity index (χ1v) is 8.66. The summed E-state index contributed by atoms with van der Waals surface area (Å²) in [5.41, 5.74) is 5.90. The molecule has 1 aliphatic rings. The Hall–Kier alpha value is -2.71. The number of rotatable bonds is 3. The lowest BCUT2D eigenvalue weighted by atomic mass is 9.91. The van der Waals surface area contributed by atoms with Crippen LogP contribution in [-0.2, 0) is 10.3 Å². The highest BCUT2D eigenvalue weighted by atomic mass is 35.5. The van der Waals surface area contributed by atoms with Crippen molar-refractivity contribution in [2.24, 2.45) is 10.7 Å². The maximum absolute atomic E-state index is 12.4. The number of nitrogens with one attached hydrogen (secondary N) is 1. The fourth-order valence-corrected chi connectivity index (χ4v) is 3.10. The van der Waals surface area contributed by atoms with Gasteiger partial charge < -0.3 is 11.1 Å². The van der Waals surface area contributed by atoms with Crippen LogP contribution in [-0.4, -0.2) is 39.7 Å². The van der Waals surface area contributed by atoms with Crippen LogP contribution in [0, 0.1) is 0 Å². The quantitative estimate of drug-likeness (QED) is 0.811. The highest BCUT2D eigenvalue weighted by Crippen LogP contribution is 2.32. The summed E-state index contributed by atoms with van der Waals surface area (Å²) in [5, 5.41) is 3.17. The van der Waals surface area contributed by atoms with Crippen LogP contribution in [0.2, 0.25) is 10.0 Å². The number of halogens is 2. The average molecular weight is 407 g/mol. The Kier molecular flexibility index (Phi) is 5.03. The van der Waals surface area contributed by atoms with E-state index in [1.54, 1.807) is 26.1 Å². The highest BCUT2D eigenvalue weighted by Gasteiger charge is 2.37. The number of carbonyl (C=O) groups is 2. The summed E-state index contributed by atoms with van der Waals surface area (Å²) in [6.07, 6.45) is 2.96. The number of nitrogens with zero attached hydrogens (tertiary/aromatic N) is 4. The fourth-order valence-electron chi connectivity index (χ4n) is 2.63. The van der Waals surface area contributed by atoms with E-state index in [4.69, 9.17) is 28.9 Å². The average Bonchev–Trinajstić information content (AvgIpc) is 2.59. The van der Waals surface area contributed by atoms with Gasteiger partial charge in [0, 0.05) is 25.1 Å². The first-order valence-electron chi connectivity index (χ1n) is 7.90. The second-order valence-corrected chi connectivity index (χ2v) is 7.08. The molecule has 1 unspecified atom stereocenters. The van der Waals surface area contributed by atoms with Crippen molar-refractivity contribution in [2.45, 2.75) is 18.9 Å². The lowest BCUT2D eigenvalue weighted by molar-refractivity contribution is -0.128. The first-order chi connectivity index (χ1) is 12.7. The summed E-state index contributed by atoms with van der Waals surface area (Å²) in [6.45, 7) is 1.76. The second-order valence-electron chi connectivity index (χ2n) is 6.24. The molecule has 0 radical (unpaired) electrons. The molecule has 0 fully saturated rings. The first kappa shape index (κ1) is 19.1. The van der Waals surface area contributed by atoms with Gasteiger partial charge in [-0.1, -0.05) is 23.2 Å². The summed E-state index contributed by atoms with van der Waals surface area (Å²) in [6, 6.07) is 4.68. The van der Waals surface area contributed by atoms with Crippen molar-refractivity contribution in [3.05, 3.63) is 52.0 Å². The summed E-state index contributed by atoms with van der Waals surface area (Å²) in [4.78, 5) is 38.5. The smallest absolute Gasteiger partial charge is 0.275 e. The molecule has 1 atom stereocenters. The largest absolute Gasteiger partial charge is 0.369 e. The molecule has 3 heterocycles. The van der Waals surface area contributed by atoms with E-state index in [1.807, 2.05) is 0 Å². The molecule has 0 aliphatic carbocycles. The minimum atomic E-state index is -0.926. The summed E-state index contributed by atoms with van der Waals surface area (Å²) in [5.74, 6) is -0.554. The summed E-state index contributed by atoms with van der Waals surface area (Å²) in [7, 11) is 1.56. The van der Waals surface area contributed by atoms with Gasteiger partial charge in [0.15, 0.2) is 5.96 Å². The second kappa shape index (κ2) is 7.13. The van der Waals surface area contributed by atoms with Crippen LogP contribution < -0.4 is 11.1 Å². The molecule has 2 aromatic heterocycles. The van der Waals surface area contributed by atoms with Crippen molar-refractivity contribution >= 4 is 46.7 Å². The molecule has 140 valence electrons. The third-order valence-corrected chi connectivity index (χ3v) is 4.66. The SMILES string of the molecule is CN1C(=O)CC(C)(c2cc(NC(=O)c3ncc(Cl)cc3Cl)ccn2)N=C1N. The Morgan fingerprint density at radius 2 is 2.07 bits per heavy atom. The van der Waals surface area contributed by atoms with E-state index in [0.717, 1.165) is 0 Å². The number of aromatic nitrogens is 2. The highest BCUT2D eigenvalue weighted by molar-refractivity contribution is 6.36. The number of hydrogen-bond acceptors (Lipinski definition) is 6. The fraction of sp³-hybridized carbons (Fsp3) is 0.235. The predicted octanol–water partition coefficient (Wildman–Crippen LogP) is 2.43. The van der Waals surface area contributed by atoms with Crippen LogP contribution in [0.4, 0.5) is 5.69 Å². The zero-order valence-corrected chi connectivity index (χ0v) is 16.0. The molecular formula is C17H16Cl2N6O2. The van der Waals surface area contributed by atoms with Gasteiger partial charge in [0.05, 0.1) is 22.2 Å². The Bertz CT molecular complexity index is 964. The summed E-state index contributed by atoms with van der Waals surface area (Å²) >= 11 is 11.8. The molecule has 0 saturated heterocycles. The lowest BCUT2D eigenvalue weighted by Gasteiger charge is -2.32. The number of carbonyl (C=O) groups excluding carboxylic acids is 2. The standard InChI is InChI=1S/C17H16Cl2N6O2/c1-17(7-13(26)25(2)16(20)24-17)12-6-10(3-4-21-12)23-15(27)14-11(19)5-9(18)8-22-14/h3-6,8H,7H2,1-2H3,(H2,20,24)(H,21,23,27). The van der Waals surface area contributed by atoms with Crippen LogP contribution in [0.1, 0.15) is 29.5 Å². The van der Waals surface area contributed by atoms with Crippen molar-refractivity contribution in [2.75, 3.05) is 12.4 Å². The molecule has 0 saturated carbocycles. The van der Waals surface area contributed by atoms with Crippen molar-refractivity contribution in [1.29, 1.82) is 0 Å². The van der Waals surface area contributed by atoms with Gasteiger partial charge in [-0.3, -0.25) is 19.5 Å². The van der Waals surface area contributed by atoms with E-state index >= 15 is 0 Å². The van der Waals surface area contributed by atoms with Gasteiger partial charge in [0.2, 0.25) is 5.91 Å². The molecule has 10 heteroatoms. The van der Waals surface area contributed by atoms with Crippen LogP contribution in [0.15, 0.2) is 35.6 Å². The lowest BCUT2D eigenvalue weighted by Crippen LogP contribution is -2.47. The van der Waals surface area contributed by atoms with Gasteiger partial charge in [-0.15, -0.1) is 0 Å². The van der Waals surface area contributed by atoms with Crippen LogP contribution in [0.3, 0.4) is 0 Å². The maximum atomic E-state index is 12.4. The van der Waals surface area contributed by atoms with E-state index in [-0.39, 0.29) is 29.0 Å². The van der Waals surface area contributed by atoms with E-state index in [0.29, 0.717) is 16.4 Å². The molecule has 2 amide bonds. The molecule has 0 spiro atoms. The monoisotopic (exact) mass is 406 g/mol. The third-order valence-electron chi connectivity index (χ3n) is 4.17. The molecule has 8 nitrogen and oxygen atoms in total. The maximum Gasteiger partial charge on any atom is 0.275 e. The van der Waals surface area contributed by atoms with Gasteiger partial charge >= 0.3 is 0 Å². The number of anilines is 1. The van der Waals surface area contributed by atoms with E-state index < -0.39 is 11.4 Å². The molecule has 2 aromatic rings. The Morgan fingerprint density at radius 3 is 2.74 bits per heavy atom. The number of aliphatic imine (C=N–C) groups is 1. The number of amides is 2. The predicted molar refractivity (Wildman–Crippen MR) is 103 cm³/mol. The summed E-state index contributed by atoms with van der Waals surface area (Å²) < 4.78 is 0. The van der Waals surface area contributed by atoms with E-state index in [9.17, 15) is 9.59 Å². The van der Waals surface area contributed by atoms with Crippen LogP contribution >= 0.6 is 23.2 Å². The molecule has 27 heavy (non-hydrogen) atoms. The van der Waals surface area contributed by atoms with Crippen molar-refractivity contribution in [1.82, 2.24) is 14.9 Å². The third kappa shape index (κ3) is 3.86. The van der Waals surface area contributed by atoms with Crippen molar-refractivity contribution in [3.63, 3.8) is 0 Å². The van der Waals surface area contributed by atoms with E-state index in [1.165, 1.54) is 23.4 Å². The molecule has 1 aliphatic heterocycles. The van der Waals surface area contributed by atoms with Gasteiger partial charge in [-0.2, -0.15) is 0 Å².